The first-order chi connectivity index (χ1) is 12.7. The van der Waals surface area contributed by atoms with Crippen molar-refractivity contribution in [3.8, 4) is 0 Å². The fraction of sp³-hybridized carbons (Fsp3) is 0.350. The zero-order chi connectivity index (χ0) is 17.9. The lowest BCUT2D eigenvalue weighted by Crippen LogP contribution is -2.30. The molecule has 134 valence electrons. The third-order valence-electron chi connectivity index (χ3n) is 5.14. The van der Waals surface area contributed by atoms with Crippen LogP contribution in [0, 0.1) is 5.92 Å². The van der Waals surface area contributed by atoms with E-state index in [0.717, 1.165) is 42.5 Å². The van der Waals surface area contributed by atoms with Gasteiger partial charge in [0.2, 0.25) is 5.91 Å². The van der Waals surface area contributed by atoms with Gasteiger partial charge in [-0.05, 0) is 54.3 Å². The normalized spacial score (nSPS) is 16.4. The standard InChI is InChI=1S/C20H22N4O2/c25-19(14-3-1-2-4-14)22-17-5-7-18(8-6-17)23-20(26)24-12-15-9-10-21-11-16(15)13-24/h5-11,14H,1-4,12-13H2,(H,22,25)(H,23,26). The summed E-state index contributed by atoms with van der Waals surface area (Å²) in [5.74, 6) is 0.239. The second-order valence-electron chi connectivity index (χ2n) is 6.98. The molecule has 4 rings (SSSR count). The number of rotatable bonds is 3. The molecule has 6 nitrogen and oxygen atoms in total. The average molecular weight is 350 g/mol. The van der Waals surface area contributed by atoms with E-state index in [4.69, 9.17) is 0 Å². The van der Waals surface area contributed by atoms with Crippen LogP contribution < -0.4 is 10.6 Å². The zero-order valence-corrected chi connectivity index (χ0v) is 14.6. The highest BCUT2D eigenvalue weighted by molar-refractivity contribution is 5.93. The summed E-state index contributed by atoms with van der Waals surface area (Å²) < 4.78 is 0. The molecule has 1 aromatic carbocycles. The number of carbonyl (C=O) groups is 2. The quantitative estimate of drug-likeness (QED) is 0.885. The van der Waals surface area contributed by atoms with E-state index < -0.39 is 0 Å². The van der Waals surface area contributed by atoms with Crippen LogP contribution in [0.25, 0.3) is 0 Å². The van der Waals surface area contributed by atoms with E-state index in [1.807, 2.05) is 36.5 Å². The number of anilines is 2. The van der Waals surface area contributed by atoms with Crippen LogP contribution in [0.2, 0.25) is 0 Å². The number of fused-ring (bicyclic) bond motifs is 1. The molecule has 2 N–H and O–H groups in total. The van der Waals surface area contributed by atoms with Gasteiger partial charge in [-0.3, -0.25) is 9.78 Å². The Bertz CT molecular complexity index is 788. The maximum atomic E-state index is 12.4. The minimum atomic E-state index is -0.135. The summed E-state index contributed by atoms with van der Waals surface area (Å²) in [6.45, 7) is 1.17. The van der Waals surface area contributed by atoms with Crippen LogP contribution in [0.4, 0.5) is 16.2 Å². The highest BCUT2D eigenvalue weighted by Gasteiger charge is 2.24. The number of pyridine rings is 1. The van der Waals surface area contributed by atoms with E-state index in [0.29, 0.717) is 18.8 Å². The maximum absolute atomic E-state index is 12.4. The number of nitrogens with zero attached hydrogens (tertiary/aromatic N) is 2. The molecule has 0 unspecified atom stereocenters. The first-order valence-corrected chi connectivity index (χ1v) is 9.08. The minimum Gasteiger partial charge on any atom is -0.326 e. The summed E-state index contributed by atoms with van der Waals surface area (Å²) in [6, 6.07) is 9.09. The summed E-state index contributed by atoms with van der Waals surface area (Å²) in [7, 11) is 0. The van der Waals surface area contributed by atoms with Crippen molar-refractivity contribution in [1.29, 1.82) is 0 Å². The molecule has 1 fully saturated rings. The first-order valence-electron chi connectivity index (χ1n) is 9.08. The maximum Gasteiger partial charge on any atom is 0.322 e. The molecule has 0 saturated heterocycles. The van der Waals surface area contributed by atoms with Crippen molar-refractivity contribution in [1.82, 2.24) is 9.88 Å². The van der Waals surface area contributed by atoms with Gasteiger partial charge in [-0.2, -0.15) is 0 Å². The van der Waals surface area contributed by atoms with E-state index in [9.17, 15) is 9.59 Å². The Kier molecular flexibility index (Phi) is 4.56. The Morgan fingerprint density at radius 3 is 2.27 bits per heavy atom. The zero-order valence-electron chi connectivity index (χ0n) is 14.6. The molecule has 0 radical (unpaired) electrons. The van der Waals surface area contributed by atoms with E-state index in [-0.39, 0.29) is 17.9 Å². The lowest BCUT2D eigenvalue weighted by molar-refractivity contribution is -0.119. The van der Waals surface area contributed by atoms with Crippen molar-refractivity contribution in [3.63, 3.8) is 0 Å². The van der Waals surface area contributed by atoms with Crippen molar-refractivity contribution in [3.05, 3.63) is 53.9 Å². The summed E-state index contributed by atoms with van der Waals surface area (Å²) in [4.78, 5) is 30.5. The van der Waals surface area contributed by atoms with Gasteiger partial charge in [0.15, 0.2) is 0 Å². The molecule has 2 aliphatic rings. The van der Waals surface area contributed by atoms with Gasteiger partial charge in [0.05, 0.1) is 0 Å². The van der Waals surface area contributed by atoms with Crippen molar-refractivity contribution in [2.75, 3.05) is 10.6 Å². The van der Waals surface area contributed by atoms with Crippen LogP contribution in [0.1, 0.15) is 36.8 Å². The Hall–Kier alpha value is -2.89. The number of benzene rings is 1. The molecule has 1 aliphatic heterocycles. The van der Waals surface area contributed by atoms with Gasteiger partial charge in [0, 0.05) is 42.8 Å². The molecule has 2 heterocycles. The lowest BCUT2D eigenvalue weighted by atomic mass is 10.1. The Labute approximate surface area is 152 Å². The van der Waals surface area contributed by atoms with Gasteiger partial charge in [-0.1, -0.05) is 12.8 Å². The molecule has 3 amide bonds. The van der Waals surface area contributed by atoms with E-state index >= 15 is 0 Å². The molecule has 26 heavy (non-hydrogen) atoms. The number of hydrogen-bond acceptors (Lipinski definition) is 3. The molecule has 6 heteroatoms. The van der Waals surface area contributed by atoms with Crippen molar-refractivity contribution < 1.29 is 9.59 Å². The molecule has 2 aromatic rings. The molecular weight excluding hydrogens is 328 g/mol. The monoisotopic (exact) mass is 350 g/mol. The largest absolute Gasteiger partial charge is 0.326 e. The second-order valence-corrected chi connectivity index (χ2v) is 6.98. The van der Waals surface area contributed by atoms with Crippen LogP contribution >= 0.6 is 0 Å². The molecule has 0 bridgehead atoms. The summed E-state index contributed by atoms with van der Waals surface area (Å²) in [5, 5.41) is 5.87. The third kappa shape index (κ3) is 3.54. The predicted octanol–water partition coefficient (Wildman–Crippen LogP) is 3.76. The molecule has 0 spiro atoms. The predicted molar refractivity (Wildman–Crippen MR) is 99.5 cm³/mol. The van der Waals surface area contributed by atoms with Crippen LogP contribution in [0.3, 0.4) is 0 Å². The Balaban J connectivity index is 1.33. The number of aromatic nitrogens is 1. The average Bonchev–Trinajstić information content (AvgIpc) is 3.33. The molecule has 0 atom stereocenters. The highest BCUT2D eigenvalue weighted by atomic mass is 16.2. The lowest BCUT2D eigenvalue weighted by Gasteiger charge is -2.17. The molecule has 1 saturated carbocycles. The van der Waals surface area contributed by atoms with Crippen molar-refractivity contribution in [2.45, 2.75) is 38.8 Å². The SMILES string of the molecule is O=C(Nc1ccc(NC(=O)N2Cc3ccncc3C2)cc1)C1CCCC1. The smallest absolute Gasteiger partial charge is 0.322 e. The van der Waals surface area contributed by atoms with Gasteiger partial charge in [-0.25, -0.2) is 4.79 Å². The Morgan fingerprint density at radius 2 is 1.58 bits per heavy atom. The number of urea groups is 1. The highest BCUT2D eigenvalue weighted by Crippen LogP contribution is 2.26. The topological polar surface area (TPSA) is 74.3 Å². The second kappa shape index (κ2) is 7.15. The summed E-state index contributed by atoms with van der Waals surface area (Å²) in [5.41, 5.74) is 3.70. The number of carbonyl (C=O) groups excluding carboxylic acids is 2. The minimum absolute atomic E-state index is 0.0997. The number of amides is 3. The van der Waals surface area contributed by atoms with Gasteiger partial charge in [0.25, 0.3) is 0 Å². The third-order valence-corrected chi connectivity index (χ3v) is 5.14. The van der Waals surface area contributed by atoms with Crippen molar-refractivity contribution >= 4 is 23.3 Å². The Morgan fingerprint density at radius 1 is 0.923 bits per heavy atom. The summed E-state index contributed by atoms with van der Waals surface area (Å²) >= 11 is 0. The first kappa shape index (κ1) is 16.6. The van der Waals surface area contributed by atoms with Crippen LogP contribution in [0.5, 0.6) is 0 Å². The van der Waals surface area contributed by atoms with E-state index in [2.05, 4.69) is 15.6 Å². The molecular formula is C20H22N4O2. The van der Waals surface area contributed by atoms with Crippen LogP contribution in [-0.2, 0) is 17.9 Å². The number of nitrogens with one attached hydrogen (secondary N) is 2. The van der Waals surface area contributed by atoms with Crippen LogP contribution in [-0.4, -0.2) is 21.8 Å². The van der Waals surface area contributed by atoms with Gasteiger partial charge in [-0.15, -0.1) is 0 Å². The van der Waals surface area contributed by atoms with Gasteiger partial charge >= 0.3 is 6.03 Å². The van der Waals surface area contributed by atoms with Crippen molar-refractivity contribution in [2.24, 2.45) is 5.92 Å². The van der Waals surface area contributed by atoms with Crippen LogP contribution in [0.15, 0.2) is 42.7 Å². The summed E-state index contributed by atoms with van der Waals surface area (Å²) in [6.07, 6.45) is 7.80. The van der Waals surface area contributed by atoms with E-state index in [1.54, 1.807) is 11.1 Å². The number of hydrogen-bond donors (Lipinski definition) is 2. The van der Waals surface area contributed by atoms with Gasteiger partial charge in [0.1, 0.15) is 0 Å². The fourth-order valence-corrected chi connectivity index (χ4v) is 3.64. The molecule has 1 aromatic heterocycles. The van der Waals surface area contributed by atoms with E-state index in [1.165, 1.54) is 0 Å². The fourth-order valence-electron chi connectivity index (χ4n) is 3.64. The molecule has 1 aliphatic carbocycles. The van der Waals surface area contributed by atoms with Gasteiger partial charge < -0.3 is 15.5 Å².